The van der Waals surface area contributed by atoms with Crippen molar-refractivity contribution in [2.45, 2.75) is 61.1 Å². The van der Waals surface area contributed by atoms with E-state index >= 15 is 0 Å². The van der Waals surface area contributed by atoms with Gasteiger partial charge in [-0.15, -0.1) is 5.10 Å². The summed E-state index contributed by atoms with van der Waals surface area (Å²) in [5.74, 6) is 2.21. The zero-order valence-corrected chi connectivity index (χ0v) is 13.9. The zero-order chi connectivity index (χ0) is 15.1. The molecule has 5 heteroatoms. The average molecular weight is 279 g/mol. The van der Waals surface area contributed by atoms with Crippen molar-refractivity contribution in [1.29, 1.82) is 0 Å². The third-order valence-electron chi connectivity index (χ3n) is 5.45. The minimum Gasteiger partial charge on any atom is -0.307 e. The second-order valence-electron chi connectivity index (χ2n) is 7.74. The van der Waals surface area contributed by atoms with Gasteiger partial charge in [0.1, 0.15) is 0 Å². The van der Waals surface area contributed by atoms with Crippen LogP contribution in [0.2, 0.25) is 0 Å². The van der Waals surface area contributed by atoms with Crippen LogP contribution >= 0.6 is 0 Å². The third kappa shape index (κ3) is 2.60. The molecule has 1 N–H and O–H groups in total. The van der Waals surface area contributed by atoms with Crippen LogP contribution in [0, 0.1) is 22.7 Å². The second kappa shape index (κ2) is 5.10. The first-order chi connectivity index (χ1) is 9.18. The van der Waals surface area contributed by atoms with Gasteiger partial charge >= 0.3 is 0 Å². The van der Waals surface area contributed by atoms with Crippen molar-refractivity contribution in [2.24, 2.45) is 22.7 Å². The molecule has 1 saturated carbocycles. The molecule has 2 rings (SSSR count). The molecule has 5 nitrogen and oxygen atoms in total. The highest BCUT2D eigenvalue weighted by molar-refractivity contribution is 5.12. The molecule has 1 aliphatic rings. The number of nitrogens with one attached hydrogen (secondary N) is 1. The van der Waals surface area contributed by atoms with E-state index in [0.29, 0.717) is 22.7 Å². The van der Waals surface area contributed by atoms with Gasteiger partial charge in [-0.2, -0.15) is 0 Å². The Bertz CT molecular complexity index is 447. The van der Waals surface area contributed by atoms with E-state index in [0.717, 1.165) is 18.9 Å². The molecule has 1 unspecified atom stereocenters. The summed E-state index contributed by atoms with van der Waals surface area (Å²) in [6.07, 6.45) is 0. The maximum absolute atomic E-state index is 4.21. The summed E-state index contributed by atoms with van der Waals surface area (Å²) in [5, 5.41) is 15.8. The Morgan fingerprint density at radius 3 is 2.25 bits per heavy atom. The molecule has 0 spiro atoms. The van der Waals surface area contributed by atoms with Gasteiger partial charge in [-0.1, -0.05) is 41.5 Å². The van der Waals surface area contributed by atoms with E-state index in [4.69, 9.17) is 0 Å². The molecule has 0 aromatic carbocycles. The highest BCUT2D eigenvalue weighted by Crippen LogP contribution is 2.68. The lowest BCUT2D eigenvalue weighted by Crippen LogP contribution is -2.26. The molecular weight excluding hydrogens is 250 g/mol. The summed E-state index contributed by atoms with van der Waals surface area (Å²) in [6.45, 7) is 17.8. The molecular formula is C15H29N5. The number of aromatic nitrogens is 4. The van der Waals surface area contributed by atoms with E-state index in [1.165, 1.54) is 0 Å². The summed E-state index contributed by atoms with van der Waals surface area (Å²) in [4.78, 5) is 0. The quantitative estimate of drug-likeness (QED) is 0.870. The Balaban J connectivity index is 2.03. The Labute approximate surface area is 122 Å². The lowest BCUT2D eigenvalue weighted by atomic mass is 10.0. The highest BCUT2D eigenvalue weighted by atomic mass is 15.5. The number of tetrazole rings is 1. The number of nitrogens with zero attached hydrogens (tertiary/aromatic N) is 4. The summed E-state index contributed by atoms with van der Waals surface area (Å²) in [7, 11) is 0. The summed E-state index contributed by atoms with van der Waals surface area (Å²) in [6, 6.07) is 0.192. The fourth-order valence-electron chi connectivity index (χ4n) is 3.12. The van der Waals surface area contributed by atoms with Crippen LogP contribution < -0.4 is 5.32 Å². The molecule has 0 radical (unpaired) electrons. The van der Waals surface area contributed by atoms with Crippen molar-refractivity contribution in [3.8, 4) is 0 Å². The van der Waals surface area contributed by atoms with E-state index in [1.54, 1.807) is 0 Å². The van der Waals surface area contributed by atoms with Crippen LogP contribution in [0.25, 0.3) is 0 Å². The van der Waals surface area contributed by atoms with Crippen molar-refractivity contribution < 1.29 is 0 Å². The smallest absolute Gasteiger partial charge is 0.167 e. The highest BCUT2D eigenvalue weighted by Gasteiger charge is 2.64. The first kappa shape index (κ1) is 15.4. The molecule has 1 atom stereocenters. The van der Waals surface area contributed by atoms with Gasteiger partial charge in [-0.05, 0) is 46.6 Å². The van der Waals surface area contributed by atoms with Crippen LogP contribution in [0.4, 0.5) is 0 Å². The van der Waals surface area contributed by atoms with Gasteiger partial charge in [0.15, 0.2) is 5.82 Å². The van der Waals surface area contributed by atoms with E-state index in [1.807, 2.05) is 4.68 Å². The lowest BCUT2D eigenvalue weighted by Gasteiger charge is -2.15. The van der Waals surface area contributed by atoms with Gasteiger partial charge in [-0.3, -0.25) is 0 Å². The van der Waals surface area contributed by atoms with Crippen LogP contribution in [-0.2, 0) is 6.54 Å². The SMILES string of the molecule is CC(C)CNC(C)c1nnnn1CC1C(C)(C)C1(C)C. The van der Waals surface area contributed by atoms with Crippen LogP contribution in [-0.4, -0.2) is 26.8 Å². The maximum atomic E-state index is 4.21. The van der Waals surface area contributed by atoms with Gasteiger partial charge in [-0.25, -0.2) is 4.68 Å². The first-order valence-corrected chi connectivity index (χ1v) is 7.67. The Hall–Kier alpha value is -0.970. The summed E-state index contributed by atoms with van der Waals surface area (Å²) < 4.78 is 1.99. The van der Waals surface area contributed by atoms with Crippen LogP contribution in [0.15, 0.2) is 0 Å². The van der Waals surface area contributed by atoms with Crippen molar-refractivity contribution in [1.82, 2.24) is 25.5 Å². The predicted octanol–water partition coefficient (Wildman–Crippen LogP) is 2.66. The van der Waals surface area contributed by atoms with Gasteiger partial charge in [0.2, 0.25) is 0 Å². The fraction of sp³-hybridized carbons (Fsp3) is 0.933. The molecule has 1 aromatic heterocycles. The minimum atomic E-state index is 0.192. The van der Waals surface area contributed by atoms with Crippen LogP contribution in [0.1, 0.15) is 60.3 Å². The molecule has 1 aliphatic carbocycles. The standard InChI is InChI=1S/C15H29N5/c1-10(2)8-16-11(3)13-17-18-19-20(13)9-12-14(4,5)15(12,6)7/h10-12,16H,8-9H2,1-7H3. The molecule has 114 valence electrons. The average Bonchev–Trinajstić information content (AvgIpc) is 2.74. The van der Waals surface area contributed by atoms with Gasteiger partial charge in [0, 0.05) is 6.54 Å². The zero-order valence-electron chi connectivity index (χ0n) is 13.9. The minimum absolute atomic E-state index is 0.192. The largest absolute Gasteiger partial charge is 0.307 e. The molecule has 1 aromatic rings. The van der Waals surface area contributed by atoms with E-state index in [2.05, 4.69) is 69.3 Å². The van der Waals surface area contributed by atoms with Crippen LogP contribution in [0.3, 0.4) is 0 Å². The Kier molecular flexibility index (Phi) is 3.93. The lowest BCUT2D eigenvalue weighted by molar-refractivity contribution is 0.416. The third-order valence-corrected chi connectivity index (χ3v) is 5.45. The molecule has 0 saturated heterocycles. The van der Waals surface area contributed by atoms with Crippen LogP contribution in [0.5, 0.6) is 0 Å². The fourth-order valence-corrected chi connectivity index (χ4v) is 3.12. The molecule has 20 heavy (non-hydrogen) atoms. The molecule has 0 bridgehead atoms. The van der Waals surface area contributed by atoms with Gasteiger partial charge in [0.05, 0.1) is 6.04 Å². The monoisotopic (exact) mass is 279 g/mol. The molecule has 0 aliphatic heterocycles. The van der Waals surface area contributed by atoms with Crippen molar-refractivity contribution in [3.63, 3.8) is 0 Å². The topological polar surface area (TPSA) is 55.6 Å². The summed E-state index contributed by atoms with van der Waals surface area (Å²) >= 11 is 0. The van der Waals surface area contributed by atoms with E-state index in [9.17, 15) is 0 Å². The Morgan fingerprint density at radius 1 is 1.15 bits per heavy atom. The van der Waals surface area contributed by atoms with Crippen molar-refractivity contribution in [2.75, 3.05) is 6.54 Å². The predicted molar refractivity (Wildman–Crippen MR) is 80.1 cm³/mol. The van der Waals surface area contributed by atoms with Crippen molar-refractivity contribution in [3.05, 3.63) is 5.82 Å². The first-order valence-electron chi connectivity index (χ1n) is 7.67. The number of hydrogen-bond acceptors (Lipinski definition) is 4. The van der Waals surface area contributed by atoms with E-state index in [-0.39, 0.29) is 6.04 Å². The van der Waals surface area contributed by atoms with Crippen molar-refractivity contribution >= 4 is 0 Å². The Morgan fingerprint density at radius 2 is 1.75 bits per heavy atom. The van der Waals surface area contributed by atoms with Gasteiger partial charge in [0.25, 0.3) is 0 Å². The molecule has 1 fully saturated rings. The maximum Gasteiger partial charge on any atom is 0.167 e. The normalized spacial score (nSPS) is 22.2. The molecule has 1 heterocycles. The summed E-state index contributed by atoms with van der Waals surface area (Å²) in [5.41, 5.74) is 0.732. The number of hydrogen-bond donors (Lipinski definition) is 1. The number of rotatable bonds is 6. The van der Waals surface area contributed by atoms with Gasteiger partial charge < -0.3 is 5.32 Å². The van der Waals surface area contributed by atoms with E-state index < -0.39 is 0 Å². The molecule has 0 amide bonds. The second-order valence-corrected chi connectivity index (χ2v) is 7.74.